The van der Waals surface area contributed by atoms with Crippen LogP contribution in [0.2, 0.25) is 0 Å². The van der Waals surface area contributed by atoms with Crippen LogP contribution in [-0.2, 0) is 0 Å². The Morgan fingerprint density at radius 2 is 1.50 bits per heavy atom. The van der Waals surface area contributed by atoms with Gasteiger partial charge in [0, 0.05) is 18.6 Å². The zero-order valence-electron chi connectivity index (χ0n) is 12.5. The highest BCUT2D eigenvalue weighted by Gasteiger charge is 2.37. The molecule has 16 heavy (non-hydrogen) atoms. The minimum absolute atomic E-state index is 0.784. The molecule has 2 aliphatic heterocycles. The molecule has 2 nitrogen and oxygen atoms in total. The Morgan fingerprint density at radius 1 is 0.938 bits per heavy atom. The minimum atomic E-state index is 0.784. The van der Waals surface area contributed by atoms with E-state index in [1.807, 2.05) is 27.7 Å². The molecule has 2 heteroatoms. The molecule has 0 radical (unpaired) electrons. The van der Waals surface area contributed by atoms with Crippen LogP contribution < -0.4 is 0 Å². The highest BCUT2D eigenvalue weighted by molar-refractivity contribution is 4.93. The van der Waals surface area contributed by atoms with Gasteiger partial charge in [-0.05, 0) is 46.3 Å². The monoisotopic (exact) mass is 228 g/mol. The van der Waals surface area contributed by atoms with Crippen molar-refractivity contribution in [1.82, 2.24) is 9.80 Å². The molecule has 0 amide bonds. The summed E-state index contributed by atoms with van der Waals surface area (Å²) in [6.45, 7) is 13.0. The second-order valence-corrected chi connectivity index (χ2v) is 4.62. The molecule has 0 N–H and O–H groups in total. The standard InChI is InChI=1S/C10H20N2.2C2H6/c1-8-6-10-9(7-12(8)3)4-5-11(10)2;2*1-2/h8-10H,4-7H2,1-3H3;2*1-2H3. The maximum Gasteiger partial charge on any atom is 0.0148 e. The first kappa shape index (κ1) is 15.9. The van der Waals surface area contributed by atoms with E-state index in [9.17, 15) is 0 Å². The van der Waals surface area contributed by atoms with Crippen molar-refractivity contribution in [3.05, 3.63) is 0 Å². The minimum Gasteiger partial charge on any atom is -0.303 e. The number of nitrogens with zero attached hydrogens (tertiary/aromatic N) is 2. The lowest BCUT2D eigenvalue weighted by atomic mass is 9.89. The summed E-state index contributed by atoms with van der Waals surface area (Å²) in [7, 11) is 4.54. The third kappa shape index (κ3) is 3.74. The van der Waals surface area contributed by atoms with Crippen molar-refractivity contribution >= 4 is 0 Å². The molecule has 3 unspecified atom stereocenters. The summed E-state index contributed by atoms with van der Waals surface area (Å²) in [5, 5.41) is 0. The van der Waals surface area contributed by atoms with Gasteiger partial charge in [0.25, 0.3) is 0 Å². The number of piperidine rings is 1. The Bertz CT molecular complexity index is 170. The van der Waals surface area contributed by atoms with E-state index < -0.39 is 0 Å². The molecular formula is C14H32N2. The van der Waals surface area contributed by atoms with Gasteiger partial charge in [0.2, 0.25) is 0 Å². The van der Waals surface area contributed by atoms with E-state index in [0.29, 0.717) is 0 Å². The van der Waals surface area contributed by atoms with Crippen molar-refractivity contribution in [2.75, 3.05) is 27.2 Å². The molecule has 0 aromatic rings. The molecule has 2 aliphatic rings. The molecule has 2 rings (SSSR count). The molecular weight excluding hydrogens is 196 g/mol. The van der Waals surface area contributed by atoms with E-state index in [1.54, 1.807) is 0 Å². The van der Waals surface area contributed by atoms with Gasteiger partial charge < -0.3 is 9.80 Å². The van der Waals surface area contributed by atoms with E-state index in [0.717, 1.165) is 18.0 Å². The summed E-state index contributed by atoms with van der Waals surface area (Å²) in [6, 6.07) is 1.67. The summed E-state index contributed by atoms with van der Waals surface area (Å²) in [5.74, 6) is 0.955. The van der Waals surface area contributed by atoms with Crippen LogP contribution in [0.15, 0.2) is 0 Å². The molecule has 0 aromatic carbocycles. The van der Waals surface area contributed by atoms with E-state index in [4.69, 9.17) is 0 Å². The topological polar surface area (TPSA) is 6.48 Å². The molecule has 0 aromatic heterocycles. The maximum atomic E-state index is 2.55. The highest BCUT2D eigenvalue weighted by Crippen LogP contribution is 2.31. The van der Waals surface area contributed by atoms with E-state index >= 15 is 0 Å². The third-order valence-electron chi connectivity index (χ3n) is 3.82. The fourth-order valence-corrected chi connectivity index (χ4v) is 2.75. The summed E-state index contributed by atoms with van der Waals surface area (Å²) >= 11 is 0. The van der Waals surface area contributed by atoms with Crippen LogP contribution in [0.4, 0.5) is 0 Å². The van der Waals surface area contributed by atoms with Gasteiger partial charge in [0.1, 0.15) is 0 Å². The SMILES string of the molecule is CC.CC.CC1CC2C(CCN2C)CN1C. The fraction of sp³-hybridized carbons (Fsp3) is 1.00. The Balaban J connectivity index is 0.000000509. The Hall–Kier alpha value is -0.0800. The largest absolute Gasteiger partial charge is 0.303 e. The van der Waals surface area contributed by atoms with E-state index in [1.165, 1.54) is 25.9 Å². The lowest BCUT2D eigenvalue weighted by Gasteiger charge is -2.39. The predicted octanol–water partition coefficient (Wildman–Crippen LogP) is 3.08. The lowest BCUT2D eigenvalue weighted by Crippen LogP contribution is -2.47. The molecule has 0 aliphatic carbocycles. The van der Waals surface area contributed by atoms with Crippen molar-refractivity contribution < 1.29 is 0 Å². The van der Waals surface area contributed by atoms with Gasteiger partial charge in [0.05, 0.1) is 0 Å². The second kappa shape index (κ2) is 8.08. The van der Waals surface area contributed by atoms with Crippen LogP contribution in [0.1, 0.15) is 47.5 Å². The highest BCUT2D eigenvalue weighted by atomic mass is 15.2. The average molecular weight is 228 g/mol. The Kier molecular flexibility index (Phi) is 8.04. The van der Waals surface area contributed by atoms with Gasteiger partial charge in [-0.3, -0.25) is 0 Å². The molecule has 0 bridgehead atoms. The van der Waals surface area contributed by atoms with Crippen LogP contribution in [0, 0.1) is 5.92 Å². The van der Waals surface area contributed by atoms with E-state index in [-0.39, 0.29) is 0 Å². The van der Waals surface area contributed by atoms with Crippen molar-refractivity contribution in [1.29, 1.82) is 0 Å². The van der Waals surface area contributed by atoms with Gasteiger partial charge >= 0.3 is 0 Å². The predicted molar refractivity (Wildman–Crippen MR) is 73.9 cm³/mol. The second-order valence-electron chi connectivity index (χ2n) is 4.62. The quantitative estimate of drug-likeness (QED) is 0.629. The van der Waals surface area contributed by atoms with E-state index in [2.05, 4.69) is 30.8 Å². The number of hydrogen-bond donors (Lipinski definition) is 0. The van der Waals surface area contributed by atoms with Crippen LogP contribution >= 0.6 is 0 Å². The van der Waals surface area contributed by atoms with Gasteiger partial charge in [-0.2, -0.15) is 0 Å². The third-order valence-corrected chi connectivity index (χ3v) is 3.82. The van der Waals surface area contributed by atoms with Crippen LogP contribution in [0.3, 0.4) is 0 Å². The van der Waals surface area contributed by atoms with Gasteiger partial charge in [-0.25, -0.2) is 0 Å². The van der Waals surface area contributed by atoms with Crippen LogP contribution in [0.5, 0.6) is 0 Å². The summed E-state index contributed by atoms with van der Waals surface area (Å²) < 4.78 is 0. The van der Waals surface area contributed by atoms with Gasteiger partial charge in [0.15, 0.2) is 0 Å². The van der Waals surface area contributed by atoms with Crippen molar-refractivity contribution in [2.45, 2.75) is 59.5 Å². The van der Waals surface area contributed by atoms with Crippen molar-refractivity contribution in [2.24, 2.45) is 5.92 Å². The normalized spacial score (nSPS) is 34.3. The first-order valence-electron chi connectivity index (χ1n) is 7.09. The summed E-state index contributed by atoms with van der Waals surface area (Å²) in [4.78, 5) is 5.06. The molecule has 2 heterocycles. The number of hydrogen-bond acceptors (Lipinski definition) is 2. The van der Waals surface area contributed by atoms with Gasteiger partial charge in [-0.15, -0.1) is 0 Å². The Labute approximate surface area is 103 Å². The molecule has 98 valence electrons. The van der Waals surface area contributed by atoms with Crippen LogP contribution in [-0.4, -0.2) is 49.1 Å². The molecule has 2 saturated heterocycles. The number of rotatable bonds is 0. The first-order valence-corrected chi connectivity index (χ1v) is 7.09. The molecule has 2 fully saturated rings. The van der Waals surface area contributed by atoms with Gasteiger partial charge in [-0.1, -0.05) is 27.7 Å². The zero-order chi connectivity index (χ0) is 12.7. The number of fused-ring (bicyclic) bond motifs is 1. The Morgan fingerprint density at radius 3 is 2.06 bits per heavy atom. The molecule has 0 spiro atoms. The fourth-order valence-electron chi connectivity index (χ4n) is 2.75. The molecule has 3 atom stereocenters. The number of likely N-dealkylation sites (tertiary alicyclic amines) is 2. The average Bonchev–Trinajstić information content (AvgIpc) is 2.67. The van der Waals surface area contributed by atoms with Crippen molar-refractivity contribution in [3.8, 4) is 0 Å². The van der Waals surface area contributed by atoms with Crippen molar-refractivity contribution in [3.63, 3.8) is 0 Å². The smallest absolute Gasteiger partial charge is 0.0148 e. The summed E-state index contributed by atoms with van der Waals surface area (Å²) in [6.07, 6.45) is 2.79. The first-order chi connectivity index (χ1) is 7.68. The molecule has 0 saturated carbocycles. The zero-order valence-corrected chi connectivity index (χ0v) is 12.5. The summed E-state index contributed by atoms with van der Waals surface area (Å²) in [5.41, 5.74) is 0. The maximum absolute atomic E-state index is 2.55. The van der Waals surface area contributed by atoms with Crippen LogP contribution in [0.25, 0.3) is 0 Å². The lowest BCUT2D eigenvalue weighted by molar-refractivity contribution is 0.0995.